The van der Waals surface area contributed by atoms with E-state index in [9.17, 15) is 4.39 Å². The van der Waals surface area contributed by atoms with Gasteiger partial charge in [0.25, 0.3) is 0 Å². The molecule has 102 valence electrons. The van der Waals surface area contributed by atoms with Crippen LogP contribution in [0.2, 0.25) is 0 Å². The minimum atomic E-state index is -0.413. The molecule has 0 bridgehead atoms. The van der Waals surface area contributed by atoms with Crippen LogP contribution in [-0.4, -0.2) is 9.97 Å². The molecule has 0 aromatic carbocycles. The van der Waals surface area contributed by atoms with Gasteiger partial charge in [-0.2, -0.15) is 8.84 Å². The van der Waals surface area contributed by atoms with Crippen molar-refractivity contribution < 1.29 is 4.39 Å². The van der Waals surface area contributed by atoms with Crippen LogP contribution in [-0.2, 0) is 0 Å². The number of nitrogens with zero attached hydrogens (tertiary/aromatic N) is 2. The van der Waals surface area contributed by atoms with Gasteiger partial charge in [0.15, 0.2) is 0 Å². The highest BCUT2D eigenvalue weighted by molar-refractivity contribution is 9.10. The number of aromatic nitrogens is 2. The van der Waals surface area contributed by atoms with Crippen molar-refractivity contribution in [1.82, 2.24) is 14.4 Å². The third kappa shape index (κ3) is 5.22. The van der Waals surface area contributed by atoms with E-state index in [4.69, 9.17) is 0 Å². The molecule has 0 unspecified atom stereocenters. The predicted molar refractivity (Wildman–Crippen MR) is 81.3 cm³/mol. The molecule has 2 heterocycles. The topological polar surface area (TPSA) is 49.8 Å². The second-order valence-electron chi connectivity index (χ2n) is 3.62. The molecule has 0 saturated carbocycles. The first kappa shape index (κ1) is 16.0. The lowest BCUT2D eigenvalue weighted by atomic mass is 10.3. The van der Waals surface area contributed by atoms with Gasteiger partial charge in [0.2, 0.25) is 5.95 Å². The molecule has 0 aliphatic heterocycles. The number of halogens is 3. The lowest BCUT2D eigenvalue weighted by Gasteiger charge is -2.03. The molecular weight excluding hydrogens is 379 g/mol. The van der Waals surface area contributed by atoms with Crippen LogP contribution in [0.1, 0.15) is 11.1 Å². The summed E-state index contributed by atoms with van der Waals surface area (Å²) in [6.07, 6.45) is 4.96. The first-order valence-electron chi connectivity index (χ1n) is 5.35. The SMILES string of the molecule is Cc1c(Br)ccnc1F.Cc1cnccc1NNBr. The van der Waals surface area contributed by atoms with Gasteiger partial charge in [0, 0.05) is 44.8 Å². The number of hydrazine groups is 1. The predicted octanol–water partition coefficient (Wildman–Crippen LogP) is 3.91. The molecule has 0 aliphatic rings. The van der Waals surface area contributed by atoms with Crippen molar-refractivity contribution >= 4 is 37.8 Å². The second kappa shape index (κ2) is 8.19. The van der Waals surface area contributed by atoms with E-state index in [2.05, 4.69) is 51.9 Å². The molecule has 2 N–H and O–H groups in total. The fourth-order valence-electron chi connectivity index (χ4n) is 1.15. The Morgan fingerprint density at radius 3 is 2.47 bits per heavy atom. The standard InChI is InChI=1S/C6H5BrFN.C6H8BrN3/c1-4-5(7)2-3-9-6(4)8;1-5-4-8-3-2-6(5)9-10-7/h2-3H,1H3;2-4,10H,1H3,(H,8,9). The Morgan fingerprint density at radius 1 is 1.21 bits per heavy atom. The molecule has 2 rings (SSSR count). The summed E-state index contributed by atoms with van der Waals surface area (Å²) in [5.41, 5.74) is 5.58. The highest BCUT2D eigenvalue weighted by Crippen LogP contribution is 2.15. The summed E-state index contributed by atoms with van der Waals surface area (Å²) < 4.78 is 15.9. The Hall–Kier alpha value is -1.05. The number of hydrogen-bond donors (Lipinski definition) is 2. The quantitative estimate of drug-likeness (QED) is 0.463. The van der Waals surface area contributed by atoms with E-state index in [-0.39, 0.29) is 0 Å². The van der Waals surface area contributed by atoms with Crippen LogP contribution >= 0.6 is 32.1 Å². The van der Waals surface area contributed by atoms with Crippen LogP contribution in [0.4, 0.5) is 10.1 Å². The van der Waals surface area contributed by atoms with Crippen LogP contribution in [0.3, 0.4) is 0 Å². The molecule has 19 heavy (non-hydrogen) atoms. The van der Waals surface area contributed by atoms with Crippen molar-refractivity contribution in [1.29, 1.82) is 0 Å². The normalized spacial score (nSPS) is 9.53. The van der Waals surface area contributed by atoms with E-state index >= 15 is 0 Å². The number of pyridine rings is 2. The van der Waals surface area contributed by atoms with Gasteiger partial charge in [-0.15, -0.1) is 0 Å². The van der Waals surface area contributed by atoms with E-state index < -0.39 is 5.95 Å². The van der Waals surface area contributed by atoms with Gasteiger partial charge < -0.3 is 5.43 Å². The van der Waals surface area contributed by atoms with Gasteiger partial charge >= 0.3 is 0 Å². The zero-order chi connectivity index (χ0) is 14.3. The highest BCUT2D eigenvalue weighted by Gasteiger charge is 1.99. The number of anilines is 1. The van der Waals surface area contributed by atoms with Crippen molar-refractivity contribution in [2.75, 3.05) is 5.43 Å². The van der Waals surface area contributed by atoms with E-state index in [1.165, 1.54) is 6.20 Å². The molecule has 4 nitrogen and oxygen atoms in total. The molecule has 2 aromatic heterocycles. The van der Waals surface area contributed by atoms with Crippen molar-refractivity contribution in [3.8, 4) is 0 Å². The van der Waals surface area contributed by atoms with Gasteiger partial charge in [-0.05, 0) is 31.5 Å². The fraction of sp³-hybridized carbons (Fsp3) is 0.167. The third-order valence-electron chi connectivity index (χ3n) is 2.28. The van der Waals surface area contributed by atoms with Crippen molar-refractivity contribution in [3.05, 3.63) is 52.3 Å². The first-order chi connectivity index (χ1) is 9.06. The average molecular weight is 392 g/mol. The van der Waals surface area contributed by atoms with Crippen LogP contribution in [0.15, 0.2) is 35.2 Å². The number of hydrogen-bond acceptors (Lipinski definition) is 4. The van der Waals surface area contributed by atoms with Gasteiger partial charge in [0.1, 0.15) is 0 Å². The lowest BCUT2D eigenvalue weighted by molar-refractivity contribution is 0.573. The summed E-state index contributed by atoms with van der Waals surface area (Å²) in [4.78, 5) is 7.39. The third-order valence-corrected chi connectivity index (χ3v) is 3.34. The fourth-order valence-corrected chi connectivity index (χ4v) is 1.65. The molecule has 7 heteroatoms. The minimum Gasteiger partial charge on any atom is -0.311 e. The molecule has 0 amide bonds. The molecule has 0 atom stereocenters. The van der Waals surface area contributed by atoms with Gasteiger partial charge in [-0.3, -0.25) is 4.98 Å². The minimum absolute atomic E-state index is 0.413. The van der Waals surface area contributed by atoms with E-state index in [0.717, 1.165) is 15.7 Å². The van der Waals surface area contributed by atoms with E-state index in [1.807, 2.05) is 13.0 Å². The van der Waals surface area contributed by atoms with E-state index in [1.54, 1.807) is 25.4 Å². The Morgan fingerprint density at radius 2 is 1.95 bits per heavy atom. The van der Waals surface area contributed by atoms with Gasteiger partial charge in [0.05, 0.1) is 5.69 Å². The van der Waals surface area contributed by atoms with Crippen LogP contribution in [0.25, 0.3) is 0 Å². The maximum Gasteiger partial charge on any atom is 0.216 e. The zero-order valence-electron chi connectivity index (χ0n) is 10.4. The maximum absolute atomic E-state index is 12.4. The first-order valence-corrected chi connectivity index (χ1v) is 6.93. The number of nitrogens with one attached hydrogen (secondary N) is 2. The summed E-state index contributed by atoms with van der Waals surface area (Å²) in [7, 11) is 0. The summed E-state index contributed by atoms with van der Waals surface area (Å²) in [5.74, 6) is -0.413. The van der Waals surface area contributed by atoms with Crippen molar-refractivity contribution in [2.45, 2.75) is 13.8 Å². The Balaban J connectivity index is 0.000000191. The summed E-state index contributed by atoms with van der Waals surface area (Å²) in [6.45, 7) is 3.66. The lowest BCUT2D eigenvalue weighted by Crippen LogP contribution is -2.08. The second-order valence-corrected chi connectivity index (χ2v) is 4.87. The zero-order valence-corrected chi connectivity index (χ0v) is 13.6. The highest BCUT2D eigenvalue weighted by atomic mass is 79.9. The van der Waals surface area contributed by atoms with Crippen LogP contribution in [0.5, 0.6) is 0 Å². The van der Waals surface area contributed by atoms with Crippen molar-refractivity contribution in [2.24, 2.45) is 0 Å². The summed E-state index contributed by atoms with van der Waals surface area (Å²) in [6, 6.07) is 3.60. The maximum atomic E-state index is 12.4. The number of aryl methyl sites for hydroxylation is 1. The molecule has 0 spiro atoms. The molecular formula is C12H13Br2FN4. The van der Waals surface area contributed by atoms with Crippen molar-refractivity contribution in [3.63, 3.8) is 0 Å². The molecule has 0 radical (unpaired) electrons. The molecule has 0 saturated heterocycles. The smallest absolute Gasteiger partial charge is 0.216 e. The molecule has 0 aliphatic carbocycles. The molecule has 2 aromatic rings. The Labute approximate surface area is 128 Å². The van der Waals surface area contributed by atoms with Gasteiger partial charge in [-0.25, -0.2) is 4.98 Å². The van der Waals surface area contributed by atoms with Gasteiger partial charge in [-0.1, -0.05) is 15.9 Å². The van der Waals surface area contributed by atoms with E-state index in [0.29, 0.717) is 5.56 Å². The Bertz CT molecular complexity index is 517. The monoisotopic (exact) mass is 390 g/mol. The Kier molecular flexibility index (Phi) is 6.90. The summed E-state index contributed by atoms with van der Waals surface area (Å²) >= 11 is 6.20. The van der Waals surface area contributed by atoms with Crippen LogP contribution in [0, 0.1) is 19.8 Å². The molecule has 0 fully saturated rings. The summed E-state index contributed by atoms with van der Waals surface area (Å²) in [5, 5.41) is 0. The largest absolute Gasteiger partial charge is 0.311 e. The number of rotatable bonds is 2. The van der Waals surface area contributed by atoms with Crippen LogP contribution < -0.4 is 9.88 Å². The average Bonchev–Trinajstić information content (AvgIpc) is 2.40.